The third kappa shape index (κ3) is 1.84. The maximum absolute atomic E-state index is 3.55. The van der Waals surface area contributed by atoms with Crippen molar-refractivity contribution in [3.8, 4) is 0 Å². The Kier molecular flexibility index (Phi) is 2.94. The van der Waals surface area contributed by atoms with E-state index in [4.69, 9.17) is 0 Å². The van der Waals surface area contributed by atoms with Crippen molar-refractivity contribution in [1.29, 1.82) is 0 Å². The Bertz CT molecular complexity index is 181. The summed E-state index contributed by atoms with van der Waals surface area (Å²) in [6.07, 6.45) is 1.11. The molecule has 1 unspecified atom stereocenters. The quantitative estimate of drug-likeness (QED) is 0.639. The monoisotopic (exact) mass is 197 g/mol. The van der Waals surface area contributed by atoms with Crippen molar-refractivity contribution in [3.63, 3.8) is 0 Å². The number of hydrogen-bond donors (Lipinski definition) is 0. The molecule has 1 aromatic rings. The summed E-state index contributed by atoms with van der Waals surface area (Å²) in [5.41, 5.74) is 1.24. The zero-order valence-electron chi connectivity index (χ0n) is 5.97. The summed E-state index contributed by atoms with van der Waals surface area (Å²) in [4.78, 5) is 0.466. The molecule has 1 heteroatoms. The van der Waals surface area contributed by atoms with Gasteiger partial charge in [-0.1, -0.05) is 47.1 Å². The average Bonchev–Trinajstić information content (AvgIpc) is 2.05. The molecule has 0 aromatic heterocycles. The van der Waals surface area contributed by atoms with Gasteiger partial charge in [0.15, 0.2) is 0 Å². The smallest absolute Gasteiger partial charge is 0.0398 e. The molecule has 1 rings (SSSR count). The molecule has 0 nitrogen and oxygen atoms in total. The molecule has 0 saturated heterocycles. The molecule has 53 valence electrons. The second kappa shape index (κ2) is 3.77. The summed E-state index contributed by atoms with van der Waals surface area (Å²) in [6, 6.07) is 11.2. The Hall–Kier alpha value is -0.300. The van der Waals surface area contributed by atoms with Crippen molar-refractivity contribution >= 4 is 15.9 Å². The first-order chi connectivity index (χ1) is 4.84. The molecule has 0 amide bonds. The molecule has 0 spiro atoms. The van der Waals surface area contributed by atoms with E-state index in [1.54, 1.807) is 0 Å². The van der Waals surface area contributed by atoms with Gasteiger partial charge in [0.1, 0.15) is 0 Å². The molecule has 1 atom stereocenters. The number of benzene rings is 1. The standard InChI is InChI=1S/C9H10Br/c1-2-9(10)8-6-4-3-5-7-8/h3-6,9H,2H2,1H3. The van der Waals surface area contributed by atoms with Crippen LogP contribution < -0.4 is 0 Å². The molecule has 10 heavy (non-hydrogen) atoms. The van der Waals surface area contributed by atoms with Crippen molar-refractivity contribution in [3.05, 3.63) is 35.9 Å². The SMILES string of the molecule is CCC(Br)c1[c]cccc1. The normalized spacial score (nSPS) is 13.0. The van der Waals surface area contributed by atoms with Crippen LogP contribution >= 0.6 is 15.9 Å². The lowest BCUT2D eigenvalue weighted by Gasteiger charge is -2.04. The first-order valence-corrected chi connectivity index (χ1v) is 4.37. The van der Waals surface area contributed by atoms with Gasteiger partial charge in [-0.15, -0.1) is 0 Å². The van der Waals surface area contributed by atoms with Gasteiger partial charge in [-0.25, -0.2) is 0 Å². The Morgan fingerprint density at radius 2 is 2.40 bits per heavy atom. The number of alkyl halides is 1. The van der Waals surface area contributed by atoms with E-state index in [9.17, 15) is 0 Å². The molecule has 1 aromatic carbocycles. The van der Waals surface area contributed by atoms with Gasteiger partial charge in [0.25, 0.3) is 0 Å². The van der Waals surface area contributed by atoms with Gasteiger partial charge in [-0.3, -0.25) is 0 Å². The molecule has 0 aliphatic heterocycles. The molecule has 0 N–H and O–H groups in total. The zero-order chi connectivity index (χ0) is 7.40. The van der Waals surface area contributed by atoms with Crippen LogP contribution in [0, 0.1) is 6.07 Å². The van der Waals surface area contributed by atoms with Crippen LogP contribution in [0.3, 0.4) is 0 Å². The summed E-state index contributed by atoms with van der Waals surface area (Å²) >= 11 is 3.55. The van der Waals surface area contributed by atoms with Crippen LogP contribution in [0.2, 0.25) is 0 Å². The molecule has 0 heterocycles. The van der Waals surface area contributed by atoms with Crippen LogP contribution in [0.5, 0.6) is 0 Å². The summed E-state index contributed by atoms with van der Waals surface area (Å²) in [5, 5.41) is 0. The van der Waals surface area contributed by atoms with E-state index < -0.39 is 0 Å². The summed E-state index contributed by atoms with van der Waals surface area (Å²) in [7, 11) is 0. The third-order valence-electron chi connectivity index (χ3n) is 1.43. The van der Waals surface area contributed by atoms with Crippen LogP contribution in [-0.4, -0.2) is 0 Å². The zero-order valence-corrected chi connectivity index (χ0v) is 7.56. The lowest BCUT2D eigenvalue weighted by atomic mass is 10.1. The van der Waals surface area contributed by atoms with Crippen molar-refractivity contribution in [2.45, 2.75) is 18.2 Å². The van der Waals surface area contributed by atoms with E-state index in [-0.39, 0.29) is 0 Å². The topological polar surface area (TPSA) is 0 Å². The largest absolute Gasteiger partial charge is 0.0839 e. The van der Waals surface area contributed by atoms with Crippen LogP contribution in [-0.2, 0) is 0 Å². The van der Waals surface area contributed by atoms with E-state index in [2.05, 4.69) is 35.0 Å². The van der Waals surface area contributed by atoms with Crippen molar-refractivity contribution in [1.82, 2.24) is 0 Å². The van der Waals surface area contributed by atoms with Gasteiger partial charge in [0, 0.05) is 4.83 Å². The van der Waals surface area contributed by atoms with Crippen LogP contribution in [0.15, 0.2) is 24.3 Å². The highest BCUT2D eigenvalue weighted by molar-refractivity contribution is 9.09. The minimum absolute atomic E-state index is 0.466. The lowest BCUT2D eigenvalue weighted by molar-refractivity contribution is 0.910. The van der Waals surface area contributed by atoms with Crippen LogP contribution in [0.4, 0.5) is 0 Å². The third-order valence-corrected chi connectivity index (χ3v) is 2.57. The fourth-order valence-corrected chi connectivity index (χ4v) is 1.11. The maximum Gasteiger partial charge on any atom is 0.0398 e. The summed E-state index contributed by atoms with van der Waals surface area (Å²) in [5.74, 6) is 0. The molecule has 0 aliphatic rings. The predicted molar refractivity (Wildman–Crippen MR) is 47.2 cm³/mol. The summed E-state index contributed by atoms with van der Waals surface area (Å²) in [6.45, 7) is 2.15. The maximum atomic E-state index is 3.55. The fourth-order valence-electron chi connectivity index (χ4n) is 0.822. The van der Waals surface area contributed by atoms with Crippen LogP contribution in [0.25, 0.3) is 0 Å². The van der Waals surface area contributed by atoms with Gasteiger partial charge in [-0.2, -0.15) is 0 Å². The predicted octanol–water partition coefficient (Wildman–Crippen LogP) is 3.33. The van der Waals surface area contributed by atoms with Gasteiger partial charge in [0.05, 0.1) is 0 Å². The lowest BCUT2D eigenvalue weighted by Crippen LogP contribution is -1.85. The summed E-state index contributed by atoms with van der Waals surface area (Å²) < 4.78 is 0. The first-order valence-electron chi connectivity index (χ1n) is 3.45. The minimum Gasteiger partial charge on any atom is -0.0839 e. The van der Waals surface area contributed by atoms with Crippen LogP contribution in [0.1, 0.15) is 23.7 Å². The number of rotatable bonds is 2. The van der Waals surface area contributed by atoms with E-state index >= 15 is 0 Å². The van der Waals surface area contributed by atoms with Crippen molar-refractivity contribution in [2.24, 2.45) is 0 Å². The van der Waals surface area contributed by atoms with E-state index in [1.165, 1.54) is 5.56 Å². The first kappa shape index (κ1) is 7.80. The highest BCUT2D eigenvalue weighted by atomic mass is 79.9. The molecular weight excluding hydrogens is 188 g/mol. The Morgan fingerprint density at radius 1 is 1.60 bits per heavy atom. The molecule has 1 radical (unpaired) electrons. The van der Waals surface area contributed by atoms with Gasteiger partial charge < -0.3 is 0 Å². The Morgan fingerprint density at radius 3 is 2.90 bits per heavy atom. The van der Waals surface area contributed by atoms with Crippen molar-refractivity contribution in [2.75, 3.05) is 0 Å². The van der Waals surface area contributed by atoms with E-state index in [1.807, 2.05) is 18.2 Å². The Labute approximate surface area is 70.4 Å². The second-order valence-electron chi connectivity index (χ2n) is 2.19. The highest BCUT2D eigenvalue weighted by Gasteiger charge is 2.01. The number of hydrogen-bond acceptors (Lipinski definition) is 0. The highest BCUT2D eigenvalue weighted by Crippen LogP contribution is 2.24. The molecule has 0 bridgehead atoms. The number of halogens is 1. The molecule has 0 saturated carbocycles. The van der Waals surface area contributed by atoms with Gasteiger partial charge in [-0.05, 0) is 18.1 Å². The van der Waals surface area contributed by atoms with E-state index in [0.29, 0.717) is 4.83 Å². The van der Waals surface area contributed by atoms with Gasteiger partial charge >= 0.3 is 0 Å². The fraction of sp³-hybridized carbons (Fsp3) is 0.333. The van der Waals surface area contributed by atoms with Crippen molar-refractivity contribution < 1.29 is 0 Å². The molecular formula is C9H10Br. The minimum atomic E-state index is 0.466. The molecule has 0 aliphatic carbocycles. The molecule has 0 fully saturated rings. The Balaban J connectivity index is 2.75. The second-order valence-corrected chi connectivity index (χ2v) is 3.30. The van der Waals surface area contributed by atoms with E-state index in [0.717, 1.165) is 6.42 Å². The average molecular weight is 198 g/mol. The van der Waals surface area contributed by atoms with Gasteiger partial charge in [0.2, 0.25) is 0 Å².